The maximum Gasteiger partial charge on any atom is 0.278 e. The minimum Gasteiger partial charge on any atom is -0.310 e. The number of hydrogen-bond acceptors (Lipinski definition) is 4. The molecular weight excluding hydrogens is 294 g/mol. The van der Waals surface area contributed by atoms with Gasteiger partial charge in [0, 0.05) is 17.6 Å². The van der Waals surface area contributed by atoms with Crippen LogP contribution in [0.4, 0.5) is 5.69 Å². The normalized spacial score (nSPS) is 10.6. The third kappa shape index (κ3) is 2.80. The second-order valence-corrected chi connectivity index (χ2v) is 5.69. The smallest absolute Gasteiger partial charge is 0.278 e. The van der Waals surface area contributed by atoms with Crippen molar-refractivity contribution in [1.29, 1.82) is 0 Å². The lowest BCUT2D eigenvalue weighted by molar-refractivity contribution is 0.0988. The van der Waals surface area contributed by atoms with E-state index in [1.165, 1.54) is 6.20 Å². The lowest BCUT2D eigenvalue weighted by Gasteiger charge is -2.17. The molecule has 0 radical (unpaired) electrons. The average Bonchev–Trinajstić information content (AvgIpc) is 2.60. The molecule has 0 saturated heterocycles. The Morgan fingerprint density at radius 1 is 1.09 bits per heavy atom. The lowest BCUT2D eigenvalue weighted by atomic mass is 10.2. The van der Waals surface area contributed by atoms with Crippen molar-refractivity contribution >= 4 is 34.4 Å². The van der Waals surface area contributed by atoms with E-state index in [9.17, 15) is 4.79 Å². The van der Waals surface area contributed by atoms with Crippen LogP contribution in [0, 0.1) is 0 Å². The zero-order valence-corrected chi connectivity index (χ0v) is 13.2. The van der Waals surface area contributed by atoms with Crippen LogP contribution in [0.2, 0.25) is 0 Å². The number of carbonyl (C=O) groups excluding carboxylic acids is 1. The van der Waals surface area contributed by atoms with Gasteiger partial charge in [-0.2, -0.15) is 0 Å². The number of para-hydroxylation sites is 2. The number of benzene rings is 2. The molecule has 0 atom stereocenters. The molecule has 1 aromatic heterocycles. The number of fused-ring (bicyclic) bond motifs is 1. The Labute approximate surface area is 133 Å². The van der Waals surface area contributed by atoms with Gasteiger partial charge >= 0.3 is 0 Å². The fourth-order valence-corrected chi connectivity index (χ4v) is 2.62. The lowest BCUT2D eigenvalue weighted by Crippen LogP contribution is -2.27. The van der Waals surface area contributed by atoms with Gasteiger partial charge in [-0.25, -0.2) is 4.98 Å². The molecule has 0 saturated carbocycles. The molecule has 1 amide bonds. The SMILES string of the molecule is CSc1cccc(N(C)C(=O)c2cnc3ccccc3n2)c1. The predicted octanol–water partition coefficient (Wildman–Crippen LogP) is 3.63. The molecule has 0 aliphatic heterocycles. The summed E-state index contributed by atoms with van der Waals surface area (Å²) < 4.78 is 0. The second kappa shape index (κ2) is 6.15. The fraction of sp³-hybridized carbons (Fsp3) is 0.118. The summed E-state index contributed by atoms with van der Waals surface area (Å²) in [4.78, 5) is 24.0. The number of amides is 1. The summed E-state index contributed by atoms with van der Waals surface area (Å²) in [5.74, 6) is -0.170. The van der Waals surface area contributed by atoms with Gasteiger partial charge in [-0.1, -0.05) is 18.2 Å². The van der Waals surface area contributed by atoms with Gasteiger partial charge in [0.25, 0.3) is 5.91 Å². The maximum absolute atomic E-state index is 12.6. The molecule has 5 heteroatoms. The standard InChI is InChI=1S/C17H15N3OS/c1-20(12-6-5-7-13(10-12)22-2)17(21)16-11-18-14-8-3-4-9-15(14)19-16/h3-11H,1-2H3. The van der Waals surface area contributed by atoms with Crippen LogP contribution in [-0.2, 0) is 0 Å². The van der Waals surface area contributed by atoms with Crippen molar-refractivity contribution in [1.82, 2.24) is 9.97 Å². The molecule has 0 spiro atoms. The highest BCUT2D eigenvalue weighted by molar-refractivity contribution is 7.98. The molecule has 2 aromatic carbocycles. The summed E-state index contributed by atoms with van der Waals surface area (Å²) in [6.07, 6.45) is 3.54. The maximum atomic E-state index is 12.6. The molecule has 4 nitrogen and oxygen atoms in total. The van der Waals surface area contributed by atoms with Crippen molar-refractivity contribution in [2.24, 2.45) is 0 Å². The van der Waals surface area contributed by atoms with Crippen LogP contribution in [0.3, 0.4) is 0 Å². The van der Waals surface area contributed by atoms with Crippen LogP contribution in [0.25, 0.3) is 11.0 Å². The van der Waals surface area contributed by atoms with Gasteiger partial charge in [0.2, 0.25) is 0 Å². The fourth-order valence-electron chi connectivity index (χ4n) is 2.17. The molecule has 0 aliphatic rings. The molecule has 0 N–H and O–H groups in total. The number of hydrogen-bond donors (Lipinski definition) is 0. The molecule has 0 bridgehead atoms. The number of carbonyl (C=O) groups is 1. The summed E-state index contributed by atoms with van der Waals surface area (Å²) in [6.45, 7) is 0. The summed E-state index contributed by atoms with van der Waals surface area (Å²) in [5.41, 5.74) is 2.69. The van der Waals surface area contributed by atoms with E-state index in [0.29, 0.717) is 5.69 Å². The predicted molar refractivity (Wildman–Crippen MR) is 90.5 cm³/mol. The van der Waals surface area contributed by atoms with Gasteiger partial charge in [0.15, 0.2) is 0 Å². The van der Waals surface area contributed by atoms with Gasteiger partial charge in [-0.05, 0) is 36.6 Å². The van der Waals surface area contributed by atoms with Crippen molar-refractivity contribution in [2.75, 3.05) is 18.2 Å². The Kier molecular flexibility index (Phi) is 4.06. The Morgan fingerprint density at radius 3 is 2.64 bits per heavy atom. The molecule has 3 rings (SSSR count). The first kappa shape index (κ1) is 14.5. The van der Waals surface area contributed by atoms with E-state index in [0.717, 1.165) is 21.6 Å². The quantitative estimate of drug-likeness (QED) is 0.693. The molecule has 0 aliphatic carbocycles. The van der Waals surface area contributed by atoms with Crippen LogP contribution >= 0.6 is 11.8 Å². The number of nitrogens with zero attached hydrogens (tertiary/aromatic N) is 3. The van der Waals surface area contributed by atoms with E-state index in [1.807, 2.05) is 54.8 Å². The Morgan fingerprint density at radius 2 is 1.86 bits per heavy atom. The molecular formula is C17H15N3OS. The summed E-state index contributed by atoms with van der Waals surface area (Å²) in [6, 6.07) is 15.4. The number of rotatable bonds is 3. The minimum atomic E-state index is -0.170. The molecule has 0 fully saturated rings. The molecule has 3 aromatic rings. The van der Waals surface area contributed by atoms with E-state index in [2.05, 4.69) is 9.97 Å². The van der Waals surface area contributed by atoms with Crippen molar-refractivity contribution in [2.45, 2.75) is 4.90 Å². The highest BCUT2D eigenvalue weighted by atomic mass is 32.2. The Hall–Kier alpha value is -2.40. The highest BCUT2D eigenvalue weighted by Crippen LogP contribution is 2.22. The van der Waals surface area contributed by atoms with Crippen LogP contribution in [0.1, 0.15) is 10.5 Å². The van der Waals surface area contributed by atoms with E-state index in [-0.39, 0.29) is 5.91 Å². The zero-order chi connectivity index (χ0) is 15.5. The molecule has 0 unspecified atom stereocenters. The van der Waals surface area contributed by atoms with E-state index in [4.69, 9.17) is 0 Å². The van der Waals surface area contributed by atoms with Crippen molar-refractivity contribution in [3.63, 3.8) is 0 Å². The highest BCUT2D eigenvalue weighted by Gasteiger charge is 2.16. The third-order valence-corrected chi connectivity index (χ3v) is 4.14. The summed E-state index contributed by atoms with van der Waals surface area (Å²) in [7, 11) is 1.75. The van der Waals surface area contributed by atoms with E-state index in [1.54, 1.807) is 23.7 Å². The monoisotopic (exact) mass is 309 g/mol. The van der Waals surface area contributed by atoms with Gasteiger partial charge in [-0.15, -0.1) is 11.8 Å². The van der Waals surface area contributed by atoms with Gasteiger partial charge in [0.05, 0.1) is 17.2 Å². The van der Waals surface area contributed by atoms with Crippen LogP contribution in [-0.4, -0.2) is 29.2 Å². The van der Waals surface area contributed by atoms with Gasteiger partial charge < -0.3 is 4.90 Å². The van der Waals surface area contributed by atoms with Crippen LogP contribution < -0.4 is 4.90 Å². The summed E-state index contributed by atoms with van der Waals surface area (Å²) in [5, 5.41) is 0. The number of aromatic nitrogens is 2. The van der Waals surface area contributed by atoms with Gasteiger partial charge in [0.1, 0.15) is 5.69 Å². The Bertz CT molecular complexity index is 835. The van der Waals surface area contributed by atoms with Gasteiger partial charge in [-0.3, -0.25) is 9.78 Å². The van der Waals surface area contributed by atoms with Crippen molar-refractivity contribution in [3.05, 3.63) is 60.4 Å². The van der Waals surface area contributed by atoms with Crippen LogP contribution in [0.5, 0.6) is 0 Å². The first-order chi connectivity index (χ1) is 10.7. The topological polar surface area (TPSA) is 46.1 Å². The third-order valence-electron chi connectivity index (χ3n) is 3.41. The first-order valence-electron chi connectivity index (χ1n) is 6.83. The van der Waals surface area contributed by atoms with E-state index < -0.39 is 0 Å². The number of anilines is 1. The second-order valence-electron chi connectivity index (χ2n) is 4.81. The molecule has 110 valence electrons. The van der Waals surface area contributed by atoms with E-state index >= 15 is 0 Å². The minimum absolute atomic E-state index is 0.170. The van der Waals surface area contributed by atoms with Crippen molar-refractivity contribution in [3.8, 4) is 0 Å². The van der Waals surface area contributed by atoms with Crippen molar-refractivity contribution < 1.29 is 4.79 Å². The molecule has 22 heavy (non-hydrogen) atoms. The summed E-state index contributed by atoms with van der Waals surface area (Å²) >= 11 is 1.64. The Balaban J connectivity index is 1.93. The average molecular weight is 309 g/mol. The van der Waals surface area contributed by atoms with Crippen LogP contribution in [0.15, 0.2) is 59.6 Å². The molecule has 1 heterocycles. The zero-order valence-electron chi connectivity index (χ0n) is 12.4. The number of thioether (sulfide) groups is 1. The first-order valence-corrected chi connectivity index (χ1v) is 8.05. The largest absolute Gasteiger partial charge is 0.310 e.